The van der Waals surface area contributed by atoms with E-state index in [4.69, 9.17) is 0 Å². The van der Waals surface area contributed by atoms with E-state index >= 15 is 0 Å². The summed E-state index contributed by atoms with van der Waals surface area (Å²) in [5.74, 6) is 0.717. The summed E-state index contributed by atoms with van der Waals surface area (Å²) in [6.07, 6.45) is 2.03. The van der Waals surface area contributed by atoms with Gasteiger partial charge in [-0.1, -0.05) is 29.8 Å². The molecule has 25 heavy (non-hydrogen) atoms. The molecule has 0 saturated carbocycles. The van der Waals surface area contributed by atoms with Crippen molar-refractivity contribution in [1.82, 2.24) is 15.1 Å². The Kier molecular flexibility index (Phi) is 7.88. The van der Waals surface area contributed by atoms with Gasteiger partial charge in [-0.2, -0.15) is 0 Å². The molecule has 2 N–H and O–H groups in total. The number of hydrogen-bond acceptors (Lipinski definition) is 4. The summed E-state index contributed by atoms with van der Waals surface area (Å²) in [5.41, 5.74) is 2.36. The Morgan fingerprint density at radius 1 is 1.32 bits per heavy atom. The summed E-state index contributed by atoms with van der Waals surface area (Å²) in [6.45, 7) is 8.75. The third kappa shape index (κ3) is 7.55. The number of piperidine rings is 1. The minimum absolute atomic E-state index is 0.0783. The summed E-state index contributed by atoms with van der Waals surface area (Å²) in [7, 11) is 2.02. The predicted octanol–water partition coefficient (Wildman–Crippen LogP) is 1.64. The van der Waals surface area contributed by atoms with Crippen LogP contribution in [0.25, 0.3) is 0 Å². The maximum absolute atomic E-state index is 12.1. The number of carbonyl (C=O) groups excluding carboxylic acids is 1. The molecule has 1 aliphatic heterocycles. The molecule has 1 fully saturated rings. The van der Waals surface area contributed by atoms with Crippen LogP contribution >= 0.6 is 0 Å². The lowest BCUT2D eigenvalue weighted by Crippen LogP contribution is -2.42. The van der Waals surface area contributed by atoms with Crippen LogP contribution in [-0.4, -0.2) is 66.7 Å². The Hall–Kier alpha value is -1.43. The Morgan fingerprint density at radius 2 is 1.96 bits per heavy atom. The third-order valence-electron chi connectivity index (χ3n) is 4.82. The molecule has 2 rings (SSSR count). The van der Waals surface area contributed by atoms with Gasteiger partial charge in [0.15, 0.2) is 0 Å². The van der Waals surface area contributed by atoms with E-state index in [9.17, 15) is 9.90 Å². The Balaban J connectivity index is 1.63. The Morgan fingerprint density at radius 3 is 2.56 bits per heavy atom. The fourth-order valence-corrected chi connectivity index (χ4v) is 3.44. The van der Waals surface area contributed by atoms with Crippen molar-refractivity contribution >= 4 is 5.91 Å². The normalized spacial score (nSPS) is 17.6. The second kappa shape index (κ2) is 9.90. The zero-order valence-corrected chi connectivity index (χ0v) is 15.9. The Labute approximate surface area is 152 Å². The van der Waals surface area contributed by atoms with E-state index in [-0.39, 0.29) is 12.0 Å². The number of rotatable bonds is 8. The van der Waals surface area contributed by atoms with Gasteiger partial charge in [0.25, 0.3) is 0 Å². The summed E-state index contributed by atoms with van der Waals surface area (Å²) in [4.78, 5) is 16.6. The van der Waals surface area contributed by atoms with E-state index in [0.717, 1.165) is 44.6 Å². The van der Waals surface area contributed by atoms with Crippen molar-refractivity contribution in [2.24, 2.45) is 5.92 Å². The standard InChI is InChI=1S/C20H33N3O2/c1-16-4-6-18(7-5-16)12-21-20(25)15-22(3)14-19-8-10-23(11-9-19)13-17(2)24/h4-7,17,19,24H,8-15H2,1-3H3,(H,21,25). The van der Waals surface area contributed by atoms with E-state index < -0.39 is 0 Å². The molecule has 1 aromatic carbocycles. The third-order valence-corrected chi connectivity index (χ3v) is 4.82. The molecule has 0 bridgehead atoms. The lowest BCUT2D eigenvalue weighted by atomic mass is 9.96. The quantitative estimate of drug-likeness (QED) is 0.751. The van der Waals surface area contributed by atoms with Crippen molar-refractivity contribution < 1.29 is 9.90 Å². The molecule has 5 nitrogen and oxygen atoms in total. The van der Waals surface area contributed by atoms with E-state index in [1.54, 1.807) is 0 Å². The number of aliphatic hydroxyl groups excluding tert-OH is 1. The first-order valence-electron chi connectivity index (χ1n) is 9.33. The van der Waals surface area contributed by atoms with E-state index in [0.29, 0.717) is 19.0 Å². The van der Waals surface area contributed by atoms with Crippen LogP contribution in [0.3, 0.4) is 0 Å². The average Bonchev–Trinajstić information content (AvgIpc) is 2.55. The molecule has 0 aliphatic carbocycles. The first kappa shape index (κ1) is 19.9. The lowest BCUT2D eigenvalue weighted by molar-refractivity contribution is -0.122. The SMILES string of the molecule is Cc1ccc(CNC(=O)CN(C)CC2CCN(CC(C)O)CC2)cc1. The summed E-state index contributed by atoms with van der Waals surface area (Å²) < 4.78 is 0. The van der Waals surface area contributed by atoms with Crippen LogP contribution in [0.15, 0.2) is 24.3 Å². The number of carbonyl (C=O) groups is 1. The number of nitrogens with one attached hydrogen (secondary N) is 1. The fraction of sp³-hybridized carbons (Fsp3) is 0.650. The molecule has 1 amide bonds. The van der Waals surface area contributed by atoms with Gasteiger partial charge in [-0.3, -0.25) is 9.69 Å². The highest BCUT2D eigenvalue weighted by atomic mass is 16.3. The van der Waals surface area contributed by atoms with Gasteiger partial charge in [0, 0.05) is 19.6 Å². The number of hydrogen-bond donors (Lipinski definition) is 2. The zero-order valence-electron chi connectivity index (χ0n) is 15.9. The van der Waals surface area contributed by atoms with Gasteiger partial charge < -0.3 is 15.3 Å². The van der Waals surface area contributed by atoms with Gasteiger partial charge in [-0.15, -0.1) is 0 Å². The number of aryl methyl sites for hydroxylation is 1. The van der Waals surface area contributed by atoms with Gasteiger partial charge in [0.2, 0.25) is 5.91 Å². The van der Waals surface area contributed by atoms with Gasteiger partial charge in [0.05, 0.1) is 12.6 Å². The van der Waals surface area contributed by atoms with Gasteiger partial charge in [-0.25, -0.2) is 0 Å². The molecule has 1 heterocycles. The molecular formula is C20H33N3O2. The van der Waals surface area contributed by atoms with Crippen LogP contribution in [0, 0.1) is 12.8 Å². The van der Waals surface area contributed by atoms with Crippen molar-refractivity contribution in [1.29, 1.82) is 0 Å². The molecule has 0 aromatic heterocycles. The van der Waals surface area contributed by atoms with E-state index in [1.165, 1.54) is 5.56 Å². The average molecular weight is 348 g/mol. The van der Waals surface area contributed by atoms with Crippen LogP contribution in [0.2, 0.25) is 0 Å². The number of benzene rings is 1. The smallest absolute Gasteiger partial charge is 0.234 e. The second-order valence-electron chi connectivity index (χ2n) is 7.55. The molecule has 1 saturated heterocycles. The molecular weight excluding hydrogens is 314 g/mol. The molecule has 1 aromatic rings. The topological polar surface area (TPSA) is 55.8 Å². The largest absolute Gasteiger partial charge is 0.392 e. The molecule has 1 unspecified atom stereocenters. The Bertz CT molecular complexity index is 522. The van der Waals surface area contributed by atoms with Gasteiger partial charge in [-0.05, 0) is 58.3 Å². The number of likely N-dealkylation sites (tertiary alicyclic amines) is 1. The molecule has 5 heteroatoms. The number of aliphatic hydroxyl groups is 1. The van der Waals surface area contributed by atoms with Crippen molar-refractivity contribution in [3.8, 4) is 0 Å². The maximum Gasteiger partial charge on any atom is 0.234 e. The minimum Gasteiger partial charge on any atom is -0.392 e. The molecule has 1 aliphatic rings. The molecule has 0 radical (unpaired) electrons. The highest BCUT2D eigenvalue weighted by molar-refractivity contribution is 5.77. The summed E-state index contributed by atoms with van der Waals surface area (Å²) >= 11 is 0. The van der Waals surface area contributed by atoms with Crippen LogP contribution in [-0.2, 0) is 11.3 Å². The number of likely N-dealkylation sites (N-methyl/N-ethyl adjacent to an activating group) is 1. The van der Waals surface area contributed by atoms with E-state index in [2.05, 4.69) is 46.3 Å². The van der Waals surface area contributed by atoms with Crippen molar-refractivity contribution in [3.63, 3.8) is 0 Å². The second-order valence-corrected chi connectivity index (χ2v) is 7.55. The van der Waals surface area contributed by atoms with E-state index in [1.807, 2.05) is 14.0 Å². The number of β-amino-alcohol motifs (C(OH)–C–C–N with tert-alkyl or cyclic N) is 1. The first-order valence-corrected chi connectivity index (χ1v) is 9.33. The highest BCUT2D eigenvalue weighted by Crippen LogP contribution is 2.18. The van der Waals surface area contributed by atoms with Crippen molar-refractivity contribution in [2.45, 2.75) is 39.3 Å². The molecule has 0 spiro atoms. The van der Waals surface area contributed by atoms with Crippen LogP contribution in [0.4, 0.5) is 0 Å². The zero-order chi connectivity index (χ0) is 18.2. The molecule has 140 valence electrons. The van der Waals surface area contributed by atoms with Crippen molar-refractivity contribution in [3.05, 3.63) is 35.4 Å². The summed E-state index contributed by atoms with van der Waals surface area (Å²) in [5, 5.41) is 12.5. The summed E-state index contributed by atoms with van der Waals surface area (Å²) in [6, 6.07) is 8.25. The maximum atomic E-state index is 12.1. The van der Waals surface area contributed by atoms with Crippen LogP contribution in [0.1, 0.15) is 30.9 Å². The van der Waals surface area contributed by atoms with Crippen molar-refractivity contribution in [2.75, 3.05) is 39.8 Å². The highest BCUT2D eigenvalue weighted by Gasteiger charge is 2.21. The molecule has 1 atom stereocenters. The lowest BCUT2D eigenvalue weighted by Gasteiger charge is -2.34. The number of amides is 1. The first-order chi connectivity index (χ1) is 11.9. The van der Waals surface area contributed by atoms with Gasteiger partial charge >= 0.3 is 0 Å². The van der Waals surface area contributed by atoms with Crippen LogP contribution < -0.4 is 5.32 Å². The van der Waals surface area contributed by atoms with Gasteiger partial charge in [0.1, 0.15) is 0 Å². The monoisotopic (exact) mass is 347 g/mol. The number of nitrogens with zero attached hydrogens (tertiary/aromatic N) is 2. The predicted molar refractivity (Wildman–Crippen MR) is 101 cm³/mol. The fourth-order valence-electron chi connectivity index (χ4n) is 3.44. The minimum atomic E-state index is -0.253. The van der Waals surface area contributed by atoms with Crippen LogP contribution in [0.5, 0.6) is 0 Å².